The number of carbonyl (C=O) groups is 4. The number of anilines is 9. The highest BCUT2D eigenvalue weighted by Crippen LogP contribution is 2.37. The number of likely N-dealkylation sites (tertiary alicyclic amines) is 3. The Kier molecular flexibility index (Phi) is 31.5. The number of piperidine rings is 2. The molecule has 0 radical (unpaired) electrons. The van der Waals surface area contributed by atoms with Crippen LogP contribution in [0.15, 0.2) is 220 Å². The van der Waals surface area contributed by atoms with E-state index in [-0.39, 0.29) is 61.2 Å². The number of hydrogen-bond acceptors (Lipinski definition) is 29. The van der Waals surface area contributed by atoms with E-state index in [1.54, 1.807) is 66.9 Å². The summed E-state index contributed by atoms with van der Waals surface area (Å²) in [6.45, 7) is 17.7. The number of hydrogen-bond donors (Lipinski definition) is 11. The third kappa shape index (κ3) is 26.1. The zero-order valence-corrected chi connectivity index (χ0v) is 83.7. The molecule has 0 unspecified atom stereocenters. The molecule has 6 saturated heterocycles. The molecule has 22 rings (SSSR count). The predicted octanol–water partition coefficient (Wildman–Crippen LogP) is 13.9. The Morgan fingerprint density at radius 2 is 0.691 bits per heavy atom. The molecule has 0 aliphatic carbocycles. The molecule has 149 heavy (non-hydrogen) atoms. The SMILES string of the molecule is CN(C)CCNc1ccc(NC(=O)c2n[nH]c3ccc(-c4cncc(CN5CCC(O)CC5)c4)cc23)cn1.CN1CCN(c2ccc(NC(=O)c3n[nH]c4ccc(-c5cncc(CN6CCC(F)(F)C6)c5)cc34)cn2)CC1.CN1CCN(c2ccc(NC(=O)c3n[nH]c4ccc(-c5cncc(CN6CCC(F)(F)CC6)c5)cc34)cn2)CC1.CN1CCN(c2ccc(NC(=O)c3n[nH]c4ccc(-c5cncc(N)c5)cc34)cn2)CC1. The van der Waals surface area contributed by atoms with Crippen molar-refractivity contribution in [2.45, 2.75) is 69.7 Å². The summed E-state index contributed by atoms with van der Waals surface area (Å²) in [5.41, 5.74) is 23.3. The van der Waals surface area contributed by atoms with Crippen LogP contribution in [0.2, 0.25) is 0 Å². The second-order valence-electron chi connectivity index (χ2n) is 39.1. The average molecular weight is 2020 g/mol. The van der Waals surface area contributed by atoms with Gasteiger partial charge in [0.25, 0.3) is 35.5 Å². The number of amides is 4. The molecule has 37 nitrogen and oxygen atoms in total. The number of halogens is 4. The molecule has 16 aromatic rings. The normalized spacial score (nSPS) is 16.5. The summed E-state index contributed by atoms with van der Waals surface area (Å²) in [6, 6.07) is 46.1. The first kappa shape index (κ1) is 102. The van der Waals surface area contributed by atoms with Crippen LogP contribution < -0.4 is 47.0 Å². The van der Waals surface area contributed by atoms with Crippen LogP contribution in [0.3, 0.4) is 0 Å². The van der Waals surface area contributed by atoms with Crippen molar-refractivity contribution in [2.24, 2.45) is 0 Å². The molecule has 0 saturated carbocycles. The minimum Gasteiger partial charge on any atom is -0.397 e. The molecule has 18 heterocycles. The second kappa shape index (κ2) is 46.1. The molecular weight excluding hydrogens is 1900 g/mol. The highest BCUT2D eigenvalue weighted by molar-refractivity contribution is 6.15. The number of fused-ring (bicyclic) bond motifs is 4. The quantitative estimate of drug-likeness (QED) is 0.0237. The molecule has 41 heteroatoms. The molecule has 6 fully saturated rings. The first-order chi connectivity index (χ1) is 72.2. The second-order valence-corrected chi connectivity index (χ2v) is 39.1. The summed E-state index contributed by atoms with van der Waals surface area (Å²) in [5, 5.41) is 56.3. The third-order valence-electron chi connectivity index (χ3n) is 27.6. The van der Waals surface area contributed by atoms with Crippen LogP contribution in [-0.2, 0) is 19.6 Å². The van der Waals surface area contributed by atoms with Crippen LogP contribution in [0, 0.1) is 0 Å². The number of nitrogens with two attached hydrogens (primary N) is 1. The monoisotopic (exact) mass is 2020 g/mol. The van der Waals surface area contributed by atoms with Crippen LogP contribution in [-0.4, -0.2) is 328 Å². The van der Waals surface area contributed by atoms with Gasteiger partial charge in [-0.3, -0.25) is 74.2 Å². The van der Waals surface area contributed by atoms with Crippen molar-refractivity contribution < 1.29 is 41.8 Å². The van der Waals surface area contributed by atoms with E-state index in [0.717, 1.165) is 241 Å². The van der Waals surface area contributed by atoms with Crippen molar-refractivity contribution in [2.75, 3.05) is 213 Å². The Morgan fingerprint density at radius 3 is 1.01 bits per heavy atom. The van der Waals surface area contributed by atoms with E-state index in [4.69, 9.17) is 5.73 Å². The van der Waals surface area contributed by atoms with Gasteiger partial charge in [0, 0.05) is 257 Å². The van der Waals surface area contributed by atoms with E-state index in [0.29, 0.717) is 89.0 Å². The number of likely N-dealkylation sites (N-methyl/N-ethyl adjacent to an activating group) is 4. The standard InChI is InChI=1S/C29H32F2N8O.C28H30F2N8O.C28H34N8O2.C23H24N8O/c1-37-10-12-39(13-11-37)26-5-3-23(18-33-26)34-28(40)27-24-15-21(2-4-25(24)35-36-27)22-14-20(16-32-17-22)19-38-8-6-29(30,31)7-9-38;1-36-8-10-38(11-9-36)25-5-3-22(16-32-25)33-27(39)26-23-13-20(2-4-24(23)34-35-26)21-12-19(14-31-15-21)17-37-7-6-28(29,30)18-37;1-35(2)12-9-30-26-6-4-22(17-31-26)32-28(38)27-24-14-20(3-5-25(24)33-34-27)21-13-19(15-29-16-21)18-36-10-7-23(37)8-11-36;1-30-6-8-31(9-7-30)21-5-3-18(14-26-21)27-23(32)22-19-11-15(2-4-20(19)28-29-22)16-10-17(24)13-25-12-16/h2-5,14-18H,6-13,19H2,1H3,(H,34,40)(H,35,36);2-5,12-16H,6-11,17-18H2,1H3,(H,33,39)(H,34,35);3-6,13-17,23,37H,7-12,18H2,1-2H3,(H,30,31)(H,32,38)(H,33,34);2-5,10-14H,6-9,24H2,1H3,(H,27,32)(H,28,29). The highest BCUT2D eigenvalue weighted by Gasteiger charge is 2.39. The zero-order chi connectivity index (χ0) is 103. The van der Waals surface area contributed by atoms with Gasteiger partial charge < -0.3 is 71.7 Å². The van der Waals surface area contributed by atoms with E-state index >= 15 is 0 Å². The Morgan fingerprint density at radius 1 is 0.369 bits per heavy atom. The molecule has 12 N–H and O–H groups in total. The van der Waals surface area contributed by atoms with E-state index in [9.17, 15) is 41.8 Å². The molecule has 6 aliphatic rings. The van der Waals surface area contributed by atoms with Gasteiger partial charge in [0.1, 0.15) is 23.3 Å². The van der Waals surface area contributed by atoms with Crippen molar-refractivity contribution in [3.63, 3.8) is 0 Å². The Hall–Kier alpha value is -15.8. The smallest absolute Gasteiger partial charge is 0.276 e. The largest absolute Gasteiger partial charge is 0.397 e. The number of aliphatic hydroxyl groups is 1. The molecule has 0 atom stereocenters. The number of nitrogen functional groups attached to an aromatic ring is 1. The maximum Gasteiger partial charge on any atom is 0.276 e. The van der Waals surface area contributed by atoms with Gasteiger partial charge in [-0.1, -0.05) is 24.3 Å². The van der Waals surface area contributed by atoms with Crippen LogP contribution in [0.25, 0.3) is 88.1 Å². The van der Waals surface area contributed by atoms with E-state index in [1.165, 1.54) is 0 Å². The molecule has 4 amide bonds. The van der Waals surface area contributed by atoms with Gasteiger partial charge in [0.15, 0.2) is 22.8 Å². The maximum atomic E-state index is 13.6. The third-order valence-corrected chi connectivity index (χ3v) is 27.6. The fraction of sp³-hybridized carbons (Fsp3) is 0.333. The van der Waals surface area contributed by atoms with Crippen molar-refractivity contribution in [1.29, 1.82) is 0 Å². The van der Waals surface area contributed by atoms with Gasteiger partial charge in [-0.15, -0.1) is 0 Å². The molecule has 4 aromatic carbocycles. The number of aromatic amines is 4. The van der Waals surface area contributed by atoms with Gasteiger partial charge in [-0.2, -0.15) is 20.4 Å². The first-order valence-electron chi connectivity index (χ1n) is 50.0. The van der Waals surface area contributed by atoms with Crippen molar-refractivity contribution in [3.05, 3.63) is 259 Å². The lowest BCUT2D eigenvalue weighted by Crippen LogP contribution is -2.44. The summed E-state index contributed by atoms with van der Waals surface area (Å²) < 4.78 is 54.3. The van der Waals surface area contributed by atoms with Crippen LogP contribution in [0.5, 0.6) is 0 Å². The zero-order valence-electron chi connectivity index (χ0n) is 83.7. The van der Waals surface area contributed by atoms with E-state index in [2.05, 4.69) is 174 Å². The number of nitrogens with one attached hydrogen (secondary N) is 9. The van der Waals surface area contributed by atoms with Gasteiger partial charge in [-0.05, 0) is 208 Å². The number of rotatable bonds is 25. The fourth-order valence-electron chi connectivity index (χ4n) is 18.9. The van der Waals surface area contributed by atoms with Crippen LogP contribution in [0.4, 0.5) is 69.3 Å². The lowest BCUT2D eigenvalue weighted by molar-refractivity contribution is -0.0566. The number of nitrogens with zero attached hydrogens (tertiary/aromatic N) is 22. The number of pyridine rings is 8. The molecule has 770 valence electrons. The van der Waals surface area contributed by atoms with E-state index in [1.807, 2.05) is 171 Å². The summed E-state index contributed by atoms with van der Waals surface area (Å²) >= 11 is 0. The van der Waals surface area contributed by atoms with Crippen LogP contribution in [0.1, 0.15) is 90.7 Å². The number of H-pyrrole nitrogens is 4. The molecule has 12 aromatic heterocycles. The summed E-state index contributed by atoms with van der Waals surface area (Å²) in [4.78, 5) is 110. The molecule has 0 spiro atoms. The molecular formula is C108H120F4N32O5. The highest BCUT2D eigenvalue weighted by atomic mass is 19.3. The van der Waals surface area contributed by atoms with Gasteiger partial charge >= 0.3 is 0 Å². The minimum absolute atomic E-state index is 0.113. The van der Waals surface area contributed by atoms with E-state index < -0.39 is 11.8 Å². The lowest BCUT2D eigenvalue weighted by Gasteiger charge is -2.33. The number of carbonyl (C=O) groups excluding carboxylic acids is 4. The summed E-state index contributed by atoms with van der Waals surface area (Å²) in [6.07, 6.45) is 21.8. The summed E-state index contributed by atoms with van der Waals surface area (Å²) in [5.74, 6) is -2.99. The maximum absolute atomic E-state index is 13.6. The number of aliphatic hydroxyl groups excluding tert-OH is 1. The molecule has 0 bridgehead atoms. The first-order valence-corrected chi connectivity index (χ1v) is 50.0. The van der Waals surface area contributed by atoms with Crippen molar-refractivity contribution >= 4 is 119 Å². The number of aromatic nitrogens is 16. The summed E-state index contributed by atoms with van der Waals surface area (Å²) in [7, 11) is 10.4. The van der Waals surface area contributed by atoms with Gasteiger partial charge in [0.05, 0.1) is 87.9 Å². The van der Waals surface area contributed by atoms with Crippen LogP contribution >= 0.6 is 0 Å². The number of alkyl halides is 4. The Bertz CT molecular complexity index is 7340. The fourth-order valence-corrected chi connectivity index (χ4v) is 18.9. The topological polar surface area (TPSA) is 425 Å². The lowest BCUT2D eigenvalue weighted by atomic mass is 10.0. The number of benzene rings is 4. The average Bonchev–Trinajstić information content (AvgIpc) is 1.67. The van der Waals surface area contributed by atoms with Crippen molar-refractivity contribution in [3.8, 4) is 44.5 Å². The number of piperazine rings is 3. The van der Waals surface area contributed by atoms with Gasteiger partial charge in [-0.25, -0.2) is 37.5 Å². The van der Waals surface area contributed by atoms with Gasteiger partial charge in [0.2, 0.25) is 0 Å². The van der Waals surface area contributed by atoms with Crippen molar-refractivity contribution in [1.82, 2.24) is 115 Å². The Balaban J connectivity index is 0.000000125. The molecule has 6 aliphatic heterocycles. The minimum atomic E-state index is -2.63. The Labute approximate surface area is 858 Å². The predicted molar refractivity (Wildman–Crippen MR) is 571 cm³/mol.